The van der Waals surface area contributed by atoms with E-state index in [9.17, 15) is 14.9 Å². The molecule has 6 fully saturated rings. The van der Waals surface area contributed by atoms with Crippen LogP contribution < -0.4 is 0 Å². The van der Waals surface area contributed by atoms with Gasteiger partial charge in [0.25, 0.3) is 0 Å². The van der Waals surface area contributed by atoms with E-state index in [1.807, 2.05) is 37.5 Å². The van der Waals surface area contributed by atoms with Crippen LogP contribution in [0.15, 0.2) is 0 Å². The van der Waals surface area contributed by atoms with E-state index in [1.165, 1.54) is 0 Å². The normalized spacial score (nSPS) is 47.5. The fourth-order valence-corrected chi connectivity index (χ4v) is 9.41. The lowest BCUT2D eigenvalue weighted by Gasteiger charge is -3.12. The Hall–Kier alpha value is -1.57. The summed E-state index contributed by atoms with van der Waals surface area (Å²) in [5.41, 5.74) is -1.87. The Morgan fingerprint density at radius 3 is 1.68 bits per heavy atom. The molecule has 0 aromatic carbocycles. The highest BCUT2D eigenvalue weighted by Gasteiger charge is 3.20. The van der Waals surface area contributed by atoms with Gasteiger partial charge >= 0.3 is 0 Å². The van der Waals surface area contributed by atoms with E-state index in [1.54, 1.807) is 0 Å². The molecule has 0 bridgehead atoms. The average molecular weight is 384 g/mol. The SMILES string of the molecule is CC(C)N(C(=O)C12C3C4C5C3C1(C(=O)N(C(C)C)C(C)C)C5(C#N)C42)C(C)C. The summed E-state index contributed by atoms with van der Waals surface area (Å²) in [6.45, 7) is 16.4. The molecular weight excluding hydrogens is 350 g/mol. The van der Waals surface area contributed by atoms with E-state index in [-0.39, 0.29) is 47.8 Å². The van der Waals surface area contributed by atoms with Crippen molar-refractivity contribution in [2.24, 2.45) is 45.8 Å². The van der Waals surface area contributed by atoms with E-state index in [0.29, 0.717) is 17.8 Å². The first-order valence-corrected chi connectivity index (χ1v) is 11.1. The third-order valence-electron chi connectivity index (χ3n) is 9.40. The Bertz CT molecular complexity index is 825. The summed E-state index contributed by atoms with van der Waals surface area (Å²) < 4.78 is 0. The second-order valence-corrected chi connectivity index (χ2v) is 11.1. The number of carbonyl (C=O) groups is 2. The van der Waals surface area contributed by atoms with Crippen LogP contribution in [-0.2, 0) is 9.59 Å². The lowest BCUT2D eigenvalue weighted by atomic mass is 8.87. The van der Waals surface area contributed by atoms with Gasteiger partial charge in [0.05, 0.1) is 22.3 Å². The van der Waals surface area contributed by atoms with Crippen molar-refractivity contribution in [3.63, 3.8) is 0 Å². The van der Waals surface area contributed by atoms with Gasteiger partial charge in [0.15, 0.2) is 0 Å². The summed E-state index contributed by atoms with van der Waals surface area (Å²) >= 11 is 0. The van der Waals surface area contributed by atoms with Crippen molar-refractivity contribution in [2.45, 2.75) is 79.6 Å². The van der Waals surface area contributed by atoms with E-state index in [0.717, 1.165) is 0 Å². The van der Waals surface area contributed by atoms with E-state index in [4.69, 9.17) is 0 Å². The van der Waals surface area contributed by atoms with Crippen molar-refractivity contribution in [1.29, 1.82) is 5.26 Å². The zero-order valence-electron chi connectivity index (χ0n) is 18.4. The fourth-order valence-electron chi connectivity index (χ4n) is 9.41. The first-order chi connectivity index (χ1) is 13.0. The minimum Gasteiger partial charge on any atom is -0.337 e. The minimum atomic E-state index is -0.739. The molecule has 0 aromatic heterocycles. The zero-order valence-corrected chi connectivity index (χ0v) is 18.4. The predicted molar refractivity (Wildman–Crippen MR) is 105 cm³/mol. The smallest absolute Gasteiger partial charge is 0.232 e. The summed E-state index contributed by atoms with van der Waals surface area (Å²) in [4.78, 5) is 32.0. The summed E-state index contributed by atoms with van der Waals surface area (Å²) in [6, 6.07) is 2.95. The minimum absolute atomic E-state index is 0.0716. The summed E-state index contributed by atoms with van der Waals surface area (Å²) in [6.07, 6.45) is 0. The van der Waals surface area contributed by atoms with Gasteiger partial charge in [-0.15, -0.1) is 0 Å². The van der Waals surface area contributed by atoms with Crippen LogP contribution in [0.25, 0.3) is 0 Å². The van der Waals surface area contributed by atoms with Crippen molar-refractivity contribution < 1.29 is 9.59 Å². The molecule has 0 N–H and O–H groups in total. The number of amides is 2. The molecule has 6 aliphatic rings. The van der Waals surface area contributed by atoms with Crippen LogP contribution in [0.2, 0.25) is 0 Å². The Morgan fingerprint density at radius 2 is 1.25 bits per heavy atom. The number of nitriles is 1. The van der Waals surface area contributed by atoms with Crippen LogP contribution in [-0.4, -0.2) is 45.8 Å². The molecule has 0 heterocycles. The standard InChI is InChI=1S/C23H33N3O2/c1-10(2)25(11(3)4)19(27)22-16-14-15-17(16)23(22,21(15,9-24)18(14)22)20(28)26(12(5)6)13(7)8/h10-18H,1-8H3. The van der Waals surface area contributed by atoms with Crippen molar-refractivity contribution in [3.05, 3.63) is 0 Å². The Labute approximate surface area is 168 Å². The molecule has 6 saturated carbocycles. The van der Waals surface area contributed by atoms with Crippen molar-refractivity contribution >= 4 is 11.8 Å². The van der Waals surface area contributed by atoms with Crippen LogP contribution in [0.4, 0.5) is 0 Å². The van der Waals surface area contributed by atoms with Crippen LogP contribution in [0.5, 0.6) is 0 Å². The van der Waals surface area contributed by atoms with E-state index in [2.05, 4.69) is 33.8 Å². The molecule has 152 valence electrons. The first-order valence-electron chi connectivity index (χ1n) is 11.1. The summed E-state index contributed by atoms with van der Waals surface area (Å²) in [7, 11) is 0. The van der Waals surface area contributed by atoms with Crippen molar-refractivity contribution in [1.82, 2.24) is 9.80 Å². The van der Waals surface area contributed by atoms with Crippen molar-refractivity contribution in [3.8, 4) is 6.07 Å². The van der Waals surface area contributed by atoms with Gasteiger partial charge in [0.1, 0.15) is 0 Å². The van der Waals surface area contributed by atoms with Gasteiger partial charge in [-0.3, -0.25) is 9.59 Å². The zero-order chi connectivity index (χ0) is 20.7. The van der Waals surface area contributed by atoms with Gasteiger partial charge in [-0.25, -0.2) is 0 Å². The lowest BCUT2D eigenvalue weighted by molar-refractivity contribution is -0.656. The number of hydrogen-bond donors (Lipinski definition) is 0. The summed E-state index contributed by atoms with van der Waals surface area (Å²) in [5, 5.41) is 10.2. The van der Waals surface area contributed by atoms with Crippen LogP contribution in [0.3, 0.4) is 0 Å². The van der Waals surface area contributed by atoms with E-state index >= 15 is 0 Å². The third-order valence-corrected chi connectivity index (χ3v) is 9.40. The Morgan fingerprint density at radius 1 is 0.786 bits per heavy atom. The topological polar surface area (TPSA) is 64.4 Å². The predicted octanol–water partition coefficient (Wildman–Crippen LogP) is 2.91. The maximum atomic E-state index is 14.1. The number of carbonyl (C=O) groups excluding carboxylic acids is 2. The molecule has 8 atom stereocenters. The Balaban J connectivity index is 1.61. The molecule has 5 nitrogen and oxygen atoms in total. The van der Waals surface area contributed by atoms with Crippen LogP contribution in [0, 0.1) is 57.2 Å². The largest absolute Gasteiger partial charge is 0.337 e. The van der Waals surface area contributed by atoms with Crippen molar-refractivity contribution in [2.75, 3.05) is 0 Å². The lowest BCUT2D eigenvalue weighted by Crippen LogP contribution is -3.17. The van der Waals surface area contributed by atoms with Crippen LogP contribution in [0.1, 0.15) is 55.4 Å². The molecule has 5 heteroatoms. The number of nitrogens with zero attached hydrogens (tertiary/aromatic N) is 3. The van der Waals surface area contributed by atoms with Gasteiger partial charge in [0.2, 0.25) is 11.8 Å². The van der Waals surface area contributed by atoms with Gasteiger partial charge in [-0.2, -0.15) is 5.26 Å². The monoisotopic (exact) mass is 383 g/mol. The molecule has 0 radical (unpaired) electrons. The van der Waals surface area contributed by atoms with Gasteiger partial charge in [0, 0.05) is 24.2 Å². The Kier molecular flexibility index (Phi) is 3.14. The molecular formula is C23H33N3O2. The molecule has 0 aromatic rings. The number of rotatable bonds is 6. The average Bonchev–Trinajstić information content (AvgIpc) is 2.58. The molecule has 0 aliphatic heterocycles. The van der Waals surface area contributed by atoms with Crippen LogP contribution >= 0.6 is 0 Å². The second kappa shape index (κ2) is 4.77. The fraction of sp³-hybridized carbons (Fsp3) is 0.870. The van der Waals surface area contributed by atoms with Gasteiger partial charge in [-0.05, 0) is 85.0 Å². The molecule has 8 unspecified atom stereocenters. The molecule has 0 saturated heterocycles. The summed E-state index contributed by atoms with van der Waals surface area (Å²) in [5.74, 6) is 1.93. The molecule has 28 heavy (non-hydrogen) atoms. The second-order valence-electron chi connectivity index (χ2n) is 11.1. The molecule has 2 amide bonds. The molecule has 6 rings (SSSR count). The van der Waals surface area contributed by atoms with E-state index < -0.39 is 16.2 Å². The molecule has 6 aliphatic carbocycles. The highest BCUT2D eigenvalue weighted by atomic mass is 16.2. The first kappa shape index (κ1) is 18.5. The number of hydrogen-bond acceptors (Lipinski definition) is 3. The highest BCUT2D eigenvalue weighted by Crippen LogP contribution is 3.15. The highest BCUT2D eigenvalue weighted by molar-refractivity contribution is 6.07. The maximum Gasteiger partial charge on any atom is 0.232 e. The quantitative estimate of drug-likeness (QED) is 0.708. The molecule has 0 spiro atoms. The van der Waals surface area contributed by atoms with Gasteiger partial charge < -0.3 is 9.80 Å². The third kappa shape index (κ3) is 1.21. The maximum absolute atomic E-state index is 14.1. The van der Waals surface area contributed by atoms with Gasteiger partial charge in [-0.1, -0.05) is 0 Å².